The normalized spacial score (nSPS) is 31.6. The summed E-state index contributed by atoms with van der Waals surface area (Å²) in [5.74, 6) is 1.30. The van der Waals surface area contributed by atoms with Crippen LogP contribution < -0.4 is 10.2 Å². The van der Waals surface area contributed by atoms with Gasteiger partial charge >= 0.3 is 0 Å². The molecule has 3 aliphatic rings. The maximum atomic E-state index is 12.1. The minimum absolute atomic E-state index is 0.202. The van der Waals surface area contributed by atoms with Crippen molar-refractivity contribution < 1.29 is 4.79 Å². The van der Waals surface area contributed by atoms with Crippen LogP contribution in [0.15, 0.2) is 12.4 Å². The van der Waals surface area contributed by atoms with Crippen molar-refractivity contribution in [2.45, 2.75) is 38.6 Å². The van der Waals surface area contributed by atoms with Crippen LogP contribution in [0, 0.1) is 18.3 Å². The summed E-state index contributed by atoms with van der Waals surface area (Å²) in [7, 11) is 0. The molecule has 1 amide bonds. The van der Waals surface area contributed by atoms with Crippen LogP contribution >= 0.6 is 0 Å². The number of aromatic nitrogens is 2. The van der Waals surface area contributed by atoms with Crippen molar-refractivity contribution in [2.24, 2.45) is 11.3 Å². The molecule has 1 aliphatic heterocycles. The third-order valence-corrected chi connectivity index (χ3v) is 4.87. The van der Waals surface area contributed by atoms with Crippen LogP contribution in [0.3, 0.4) is 0 Å². The number of carbonyl (C=O) groups excluding carboxylic acids is 1. The number of anilines is 1. The van der Waals surface area contributed by atoms with Gasteiger partial charge in [-0.2, -0.15) is 0 Å². The average Bonchev–Trinajstić information content (AvgIpc) is 3.30. The molecule has 2 atom stereocenters. The van der Waals surface area contributed by atoms with Crippen LogP contribution in [-0.4, -0.2) is 35.0 Å². The van der Waals surface area contributed by atoms with Crippen molar-refractivity contribution in [3.05, 3.63) is 18.0 Å². The van der Waals surface area contributed by atoms with Gasteiger partial charge in [-0.25, -0.2) is 9.97 Å². The zero-order valence-electron chi connectivity index (χ0n) is 11.8. The lowest BCUT2D eigenvalue weighted by atomic mass is 10.0. The second-order valence-corrected chi connectivity index (χ2v) is 6.63. The van der Waals surface area contributed by atoms with Crippen LogP contribution in [0.25, 0.3) is 0 Å². The lowest BCUT2D eigenvalue weighted by molar-refractivity contribution is -0.123. The monoisotopic (exact) mass is 272 g/mol. The molecule has 1 N–H and O–H groups in total. The standard InChI is InChI=1S/C15H20N4O/c1-10-7-16-14(17-8-10)19-5-4-15(9-19)6-12(15)13(20)18-11-2-3-11/h7-8,11-12H,2-6,9H2,1H3,(H,18,20). The molecule has 2 unspecified atom stereocenters. The van der Waals surface area contributed by atoms with Gasteiger partial charge in [0, 0.05) is 42.9 Å². The first-order chi connectivity index (χ1) is 9.66. The van der Waals surface area contributed by atoms with E-state index in [4.69, 9.17) is 0 Å². The SMILES string of the molecule is Cc1cnc(N2CCC3(CC3C(=O)NC3CC3)C2)nc1. The van der Waals surface area contributed by atoms with Crippen LogP contribution in [0.4, 0.5) is 5.95 Å². The summed E-state index contributed by atoms with van der Waals surface area (Å²) in [6, 6.07) is 0.470. The Bertz CT molecular complexity index is 539. The van der Waals surface area contributed by atoms with Crippen molar-refractivity contribution in [1.82, 2.24) is 15.3 Å². The molecule has 2 aliphatic carbocycles. The number of hydrogen-bond donors (Lipinski definition) is 1. The van der Waals surface area contributed by atoms with Gasteiger partial charge in [0.25, 0.3) is 0 Å². The van der Waals surface area contributed by atoms with E-state index >= 15 is 0 Å². The van der Waals surface area contributed by atoms with Gasteiger partial charge in [0.05, 0.1) is 0 Å². The topological polar surface area (TPSA) is 58.1 Å². The average molecular weight is 272 g/mol. The Balaban J connectivity index is 1.41. The van der Waals surface area contributed by atoms with E-state index < -0.39 is 0 Å². The number of amides is 1. The fourth-order valence-electron chi connectivity index (χ4n) is 3.31. The highest BCUT2D eigenvalue weighted by molar-refractivity contribution is 5.83. The summed E-state index contributed by atoms with van der Waals surface area (Å²) in [4.78, 5) is 23.2. The smallest absolute Gasteiger partial charge is 0.225 e. The molecule has 0 aromatic carbocycles. The van der Waals surface area contributed by atoms with Gasteiger partial charge in [-0.15, -0.1) is 0 Å². The molecule has 2 heterocycles. The molecule has 3 fully saturated rings. The number of rotatable bonds is 3. The third-order valence-electron chi connectivity index (χ3n) is 4.87. The summed E-state index contributed by atoms with van der Waals surface area (Å²) >= 11 is 0. The highest BCUT2D eigenvalue weighted by Gasteiger charge is 2.61. The molecule has 5 nitrogen and oxygen atoms in total. The Kier molecular flexibility index (Phi) is 2.53. The van der Waals surface area contributed by atoms with E-state index in [-0.39, 0.29) is 17.2 Å². The summed E-state index contributed by atoms with van der Waals surface area (Å²) in [5.41, 5.74) is 1.28. The van der Waals surface area contributed by atoms with Gasteiger partial charge in [-0.05, 0) is 38.2 Å². The first-order valence-electron chi connectivity index (χ1n) is 7.50. The molecule has 5 heteroatoms. The second kappa shape index (κ2) is 4.17. The van der Waals surface area contributed by atoms with Crippen molar-refractivity contribution in [1.29, 1.82) is 0 Å². The number of aryl methyl sites for hydroxylation is 1. The third kappa shape index (κ3) is 2.05. The predicted octanol–water partition coefficient (Wildman–Crippen LogP) is 1.28. The van der Waals surface area contributed by atoms with Gasteiger partial charge in [0.15, 0.2) is 0 Å². The minimum atomic E-state index is 0.202. The second-order valence-electron chi connectivity index (χ2n) is 6.63. The molecular formula is C15H20N4O. The first kappa shape index (κ1) is 12.1. The van der Waals surface area contributed by atoms with E-state index in [0.29, 0.717) is 6.04 Å². The molecule has 106 valence electrons. The Morgan fingerprint density at radius 1 is 1.40 bits per heavy atom. The molecule has 1 aromatic heterocycles. The quantitative estimate of drug-likeness (QED) is 0.900. The van der Waals surface area contributed by atoms with Crippen LogP contribution in [0.1, 0.15) is 31.2 Å². The van der Waals surface area contributed by atoms with E-state index in [2.05, 4.69) is 20.2 Å². The Labute approximate surface area is 118 Å². The molecular weight excluding hydrogens is 252 g/mol. The highest BCUT2D eigenvalue weighted by atomic mass is 16.2. The molecule has 1 aromatic rings. The molecule has 4 rings (SSSR count). The molecule has 2 saturated carbocycles. The van der Waals surface area contributed by atoms with Crippen molar-refractivity contribution in [3.63, 3.8) is 0 Å². The van der Waals surface area contributed by atoms with Gasteiger partial charge in [0.1, 0.15) is 0 Å². The Morgan fingerprint density at radius 3 is 2.85 bits per heavy atom. The van der Waals surface area contributed by atoms with E-state index in [0.717, 1.165) is 50.3 Å². The van der Waals surface area contributed by atoms with E-state index in [1.165, 1.54) is 0 Å². The largest absolute Gasteiger partial charge is 0.353 e. The lowest BCUT2D eigenvalue weighted by Gasteiger charge is -2.16. The van der Waals surface area contributed by atoms with Crippen molar-refractivity contribution in [3.8, 4) is 0 Å². The first-order valence-corrected chi connectivity index (χ1v) is 7.50. The van der Waals surface area contributed by atoms with E-state index in [9.17, 15) is 4.79 Å². The minimum Gasteiger partial charge on any atom is -0.353 e. The van der Waals surface area contributed by atoms with Gasteiger partial charge < -0.3 is 10.2 Å². The number of hydrogen-bond acceptors (Lipinski definition) is 4. The maximum Gasteiger partial charge on any atom is 0.225 e. The lowest BCUT2D eigenvalue weighted by Crippen LogP contribution is -2.30. The summed E-state index contributed by atoms with van der Waals surface area (Å²) in [6.45, 7) is 3.89. The van der Waals surface area contributed by atoms with Crippen molar-refractivity contribution >= 4 is 11.9 Å². The van der Waals surface area contributed by atoms with Crippen molar-refractivity contribution in [2.75, 3.05) is 18.0 Å². The number of carbonyl (C=O) groups is 1. The summed E-state index contributed by atoms with van der Waals surface area (Å²) < 4.78 is 0. The highest BCUT2D eigenvalue weighted by Crippen LogP contribution is 2.58. The summed E-state index contributed by atoms with van der Waals surface area (Å²) in [5, 5.41) is 3.14. The Morgan fingerprint density at radius 2 is 2.15 bits per heavy atom. The van der Waals surface area contributed by atoms with Gasteiger partial charge in [0.2, 0.25) is 11.9 Å². The summed E-state index contributed by atoms with van der Waals surface area (Å²) in [6.07, 6.45) is 8.17. The van der Waals surface area contributed by atoms with Gasteiger partial charge in [-0.3, -0.25) is 4.79 Å². The molecule has 20 heavy (non-hydrogen) atoms. The Hall–Kier alpha value is -1.65. The maximum absolute atomic E-state index is 12.1. The van der Waals surface area contributed by atoms with Crippen LogP contribution in [-0.2, 0) is 4.79 Å². The predicted molar refractivity (Wildman–Crippen MR) is 75.3 cm³/mol. The molecule has 1 spiro atoms. The van der Waals surface area contributed by atoms with Gasteiger partial charge in [-0.1, -0.05) is 0 Å². The fraction of sp³-hybridized carbons (Fsp3) is 0.667. The van der Waals surface area contributed by atoms with Crippen LogP contribution in [0.2, 0.25) is 0 Å². The zero-order chi connectivity index (χ0) is 13.7. The number of nitrogens with zero attached hydrogens (tertiary/aromatic N) is 3. The molecule has 0 radical (unpaired) electrons. The number of nitrogens with one attached hydrogen (secondary N) is 1. The van der Waals surface area contributed by atoms with Crippen LogP contribution in [0.5, 0.6) is 0 Å². The zero-order valence-corrected chi connectivity index (χ0v) is 11.8. The van der Waals surface area contributed by atoms with E-state index in [1.54, 1.807) is 0 Å². The molecule has 0 bridgehead atoms. The molecule has 1 saturated heterocycles. The van der Waals surface area contributed by atoms with E-state index in [1.807, 2.05) is 19.3 Å². The fourth-order valence-corrected chi connectivity index (χ4v) is 3.31.